The van der Waals surface area contributed by atoms with Crippen LogP contribution in [0.3, 0.4) is 0 Å². The Morgan fingerprint density at radius 2 is 1.80 bits per heavy atom. The van der Waals surface area contributed by atoms with Crippen LogP contribution in [0.25, 0.3) is 0 Å². The van der Waals surface area contributed by atoms with Gasteiger partial charge in [0, 0.05) is 37.6 Å². The molecule has 1 aromatic heterocycles. The van der Waals surface area contributed by atoms with E-state index in [1.165, 1.54) is 17.0 Å². The first-order valence-corrected chi connectivity index (χ1v) is 9.29. The van der Waals surface area contributed by atoms with E-state index in [2.05, 4.69) is 36.3 Å². The van der Waals surface area contributed by atoms with Gasteiger partial charge in [-0.15, -0.1) is 0 Å². The summed E-state index contributed by atoms with van der Waals surface area (Å²) in [4.78, 5) is 2.44. The van der Waals surface area contributed by atoms with Gasteiger partial charge in [0.1, 0.15) is 18.0 Å². The second-order valence-corrected chi connectivity index (χ2v) is 7.24. The lowest BCUT2D eigenvalue weighted by Gasteiger charge is -2.38. The zero-order chi connectivity index (χ0) is 17.9. The van der Waals surface area contributed by atoms with E-state index in [0.717, 1.165) is 44.8 Å². The third-order valence-corrected chi connectivity index (χ3v) is 5.43. The molecular formula is C21H30N2O2. The van der Waals surface area contributed by atoms with Gasteiger partial charge < -0.3 is 14.4 Å². The van der Waals surface area contributed by atoms with Gasteiger partial charge in [-0.25, -0.2) is 0 Å². The molecule has 136 valence electrons. The summed E-state index contributed by atoms with van der Waals surface area (Å²) >= 11 is 0. The number of ether oxygens (including phenoxy) is 1. The van der Waals surface area contributed by atoms with Crippen molar-refractivity contribution in [3.63, 3.8) is 0 Å². The van der Waals surface area contributed by atoms with Gasteiger partial charge in [0.15, 0.2) is 0 Å². The van der Waals surface area contributed by atoms with E-state index in [-0.39, 0.29) is 0 Å². The summed E-state index contributed by atoms with van der Waals surface area (Å²) in [6, 6.07) is 12.0. The first-order valence-electron chi connectivity index (χ1n) is 9.29. The summed E-state index contributed by atoms with van der Waals surface area (Å²) in [5.74, 6) is 0.824. The maximum absolute atomic E-state index is 10.8. The van der Waals surface area contributed by atoms with Gasteiger partial charge in [0.05, 0.1) is 0 Å². The molecule has 0 amide bonds. The van der Waals surface area contributed by atoms with Crippen molar-refractivity contribution >= 4 is 0 Å². The zero-order valence-electron chi connectivity index (χ0n) is 15.7. The fraction of sp³-hybridized carbons (Fsp3) is 0.524. The first-order chi connectivity index (χ1) is 12.0. The zero-order valence-corrected chi connectivity index (χ0v) is 15.7. The molecule has 0 saturated carbocycles. The monoisotopic (exact) mass is 342 g/mol. The third kappa shape index (κ3) is 4.25. The summed E-state index contributed by atoms with van der Waals surface area (Å²) < 4.78 is 8.15. The lowest BCUT2D eigenvalue weighted by molar-refractivity contribution is -0.0537. The molecule has 1 aliphatic heterocycles. The molecule has 2 aromatic rings. The molecule has 4 nitrogen and oxygen atoms in total. The molecule has 0 unspecified atom stereocenters. The Balaban J connectivity index is 1.53. The van der Waals surface area contributed by atoms with Crippen molar-refractivity contribution in [3.8, 4) is 5.75 Å². The molecular weight excluding hydrogens is 312 g/mol. The Morgan fingerprint density at radius 1 is 1.12 bits per heavy atom. The molecule has 1 aromatic carbocycles. The standard InChI is InChI=1S/C21H30N2O2/c1-4-23-17(2)14-19(18(23)3)15-22-12-10-21(24,11-13-22)16-25-20-8-6-5-7-9-20/h5-9,14,24H,4,10-13,15-16H2,1-3H3. The minimum absolute atomic E-state index is 0.370. The highest BCUT2D eigenvalue weighted by molar-refractivity contribution is 5.26. The predicted molar refractivity (Wildman–Crippen MR) is 101 cm³/mol. The Bertz CT molecular complexity index is 685. The van der Waals surface area contributed by atoms with Gasteiger partial charge in [0.25, 0.3) is 0 Å². The quantitative estimate of drug-likeness (QED) is 0.873. The highest BCUT2D eigenvalue weighted by Crippen LogP contribution is 2.26. The van der Waals surface area contributed by atoms with Crippen molar-refractivity contribution < 1.29 is 9.84 Å². The van der Waals surface area contributed by atoms with Crippen LogP contribution in [-0.4, -0.2) is 39.9 Å². The number of piperidine rings is 1. The second-order valence-electron chi connectivity index (χ2n) is 7.24. The van der Waals surface area contributed by atoms with Crippen molar-refractivity contribution in [3.05, 3.63) is 53.3 Å². The summed E-state index contributed by atoms with van der Waals surface area (Å²) in [5, 5.41) is 10.8. The van der Waals surface area contributed by atoms with E-state index in [4.69, 9.17) is 4.74 Å². The number of likely N-dealkylation sites (tertiary alicyclic amines) is 1. The molecule has 1 aliphatic rings. The van der Waals surface area contributed by atoms with Crippen molar-refractivity contribution in [1.29, 1.82) is 0 Å². The maximum atomic E-state index is 10.8. The van der Waals surface area contributed by atoms with Gasteiger partial charge in [-0.2, -0.15) is 0 Å². The SMILES string of the molecule is CCn1c(C)cc(CN2CCC(O)(COc3ccccc3)CC2)c1C. The molecule has 25 heavy (non-hydrogen) atoms. The van der Waals surface area contributed by atoms with Crippen LogP contribution in [0.2, 0.25) is 0 Å². The average molecular weight is 342 g/mol. The lowest BCUT2D eigenvalue weighted by Crippen LogP contribution is -2.47. The number of nitrogens with zero attached hydrogens (tertiary/aromatic N) is 2. The van der Waals surface area contributed by atoms with Crippen molar-refractivity contribution in [2.24, 2.45) is 0 Å². The van der Waals surface area contributed by atoms with E-state index >= 15 is 0 Å². The fourth-order valence-electron chi connectivity index (χ4n) is 3.77. The molecule has 1 fully saturated rings. The molecule has 0 atom stereocenters. The van der Waals surface area contributed by atoms with Gasteiger partial charge >= 0.3 is 0 Å². The number of rotatable bonds is 6. The van der Waals surface area contributed by atoms with Crippen molar-refractivity contribution in [2.45, 2.75) is 52.3 Å². The van der Waals surface area contributed by atoms with Gasteiger partial charge in [-0.05, 0) is 57.4 Å². The van der Waals surface area contributed by atoms with Crippen LogP contribution < -0.4 is 4.74 Å². The summed E-state index contributed by atoms with van der Waals surface area (Å²) in [6.45, 7) is 10.8. The highest BCUT2D eigenvalue weighted by Gasteiger charge is 2.33. The molecule has 0 radical (unpaired) electrons. The number of aliphatic hydroxyl groups is 1. The van der Waals surface area contributed by atoms with E-state index in [0.29, 0.717) is 6.61 Å². The second kappa shape index (κ2) is 7.63. The highest BCUT2D eigenvalue weighted by atomic mass is 16.5. The van der Waals surface area contributed by atoms with Crippen LogP contribution >= 0.6 is 0 Å². The molecule has 4 heteroatoms. The normalized spacial score (nSPS) is 17.6. The molecule has 0 bridgehead atoms. The molecule has 0 spiro atoms. The molecule has 1 saturated heterocycles. The minimum Gasteiger partial charge on any atom is -0.491 e. The average Bonchev–Trinajstić information content (AvgIpc) is 2.89. The lowest BCUT2D eigenvalue weighted by atomic mass is 9.92. The molecule has 2 heterocycles. The van der Waals surface area contributed by atoms with Crippen LogP contribution in [0.1, 0.15) is 36.7 Å². The molecule has 3 rings (SSSR count). The summed E-state index contributed by atoms with van der Waals surface area (Å²) in [5.41, 5.74) is 3.39. The number of aryl methyl sites for hydroxylation is 1. The molecule has 1 N–H and O–H groups in total. The Hall–Kier alpha value is -1.78. The smallest absolute Gasteiger partial charge is 0.119 e. The number of aromatic nitrogens is 1. The van der Waals surface area contributed by atoms with E-state index in [9.17, 15) is 5.11 Å². The number of hydrogen-bond acceptors (Lipinski definition) is 3. The fourth-order valence-corrected chi connectivity index (χ4v) is 3.77. The van der Waals surface area contributed by atoms with Crippen LogP contribution in [0.15, 0.2) is 36.4 Å². The third-order valence-electron chi connectivity index (χ3n) is 5.43. The maximum Gasteiger partial charge on any atom is 0.119 e. The van der Waals surface area contributed by atoms with E-state index in [1.54, 1.807) is 0 Å². The summed E-state index contributed by atoms with van der Waals surface area (Å²) in [7, 11) is 0. The molecule has 0 aliphatic carbocycles. The number of para-hydroxylation sites is 1. The van der Waals surface area contributed by atoms with Gasteiger partial charge in [-0.3, -0.25) is 4.90 Å². The predicted octanol–water partition coefficient (Wildman–Crippen LogP) is 3.53. The van der Waals surface area contributed by atoms with Crippen LogP contribution in [0.4, 0.5) is 0 Å². The van der Waals surface area contributed by atoms with Crippen LogP contribution in [0.5, 0.6) is 5.75 Å². The Kier molecular flexibility index (Phi) is 5.50. The number of benzene rings is 1. The summed E-state index contributed by atoms with van der Waals surface area (Å²) in [6.07, 6.45) is 1.51. The number of hydrogen-bond donors (Lipinski definition) is 1. The van der Waals surface area contributed by atoms with Gasteiger partial charge in [0.2, 0.25) is 0 Å². The van der Waals surface area contributed by atoms with Crippen molar-refractivity contribution in [1.82, 2.24) is 9.47 Å². The Morgan fingerprint density at radius 3 is 2.40 bits per heavy atom. The topological polar surface area (TPSA) is 37.6 Å². The van der Waals surface area contributed by atoms with Crippen LogP contribution in [0, 0.1) is 13.8 Å². The first kappa shape index (κ1) is 18.0. The Labute approximate surface area is 151 Å². The van der Waals surface area contributed by atoms with Gasteiger partial charge in [-0.1, -0.05) is 18.2 Å². The van der Waals surface area contributed by atoms with E-state index < -0.39 is 5.60 Å². The van der Waals surface area contributed by atoms with E-state index in [1.807, 2.05) is 30.3 Å². The van der Waals surface area contributed by atoms with Crippen molar-refractivity contribution in [2.75, 3.05) is 19.7 Å². The minimum atomic E-state index is -0.716. The van der Waals surface area contributed by atoms with Crippen LogP contribution in [-0.2, 0) is 13.1 Å². The largest absolute Gasteiger partial charge is 0.491 e.